The SMILES string of the molecule is CC(NC(=O)C(Cc1cnc[nH]1)NC(=O)C(N)CS)C(=O)NCC(=O)O. The van der Waals surface area contributed by atoms with Crippen LogP contribution < -0.4 is 21.7 Å². The number of carbonyl (C=O) groups excluding carboxylic acids is 3. The number of amides is 3. The molecule has 3 unspecified atom stereocenters. The lowest BCUT2D eigenvalue weighted by Crippen LogP contribution is -2.56. The second-order valence-electron chi connectivity index (χ2n) is 5.47. The van der Waals surface area contributed by atoms with Crippen LogP contribution in [0.25, 0.3) is 0 Å². The van der Waals surface area contributed by atoms with E-state index in [1.54, 1.807) is 0 Å². The summed E-state index contributed by atoms with van der Waals surface area (Å²) in [5.74, 6) is -2.97. The van der Waals surface area contributed by atoms with E-state index in [2.05, 4.69) is 38.5 Å². The second-order valence-corrected chi connectivity index (χ2v) is 5.84. The van der Waals surface area contributed by atoms with E-state index in [0.29, 0.717) is 5.69 Å². The first kappa shape index (κ1) is 21.4. The topological polar surface area (TPSA) is 179 Å². The van der Waals surface area contributed by atoms with Gasteiger partial charge in [-0.2, -0.15) is 12.6 Å². The molecule has 7 N–H and O–H groups in total. The highest BCUT2D eigenvalue weighted by Crippen LogP contribution is 2.01. The Morgan fingerprint density at radius 2 is 1.96 bits per heavy atom. The third-order valence-electron chi connectivity index (χ3n) is 3.31. The summed E-state index contributed by atoms with van der Waals surface area (Å²) in [4.78, 5) is 53.3. The Hall–Kier alpha value is -2.60. The normalized spacial score (nSPS) is 14.0. The Bertz CT molecular complexity index is 638. The first-order chi connectivity index (χ1) is 12.2. The number of thiol groups is 1. The van der Waals surface area contributed by atoms with Crippen molar-refractivity contribution in [3.63, 3.8) is 0 Å². The predicted octanol–water partition coefficient (Wildman–Crippen LogP) is -2.60. The van der Waals surface area contributed by atoms with E-state index >= 15 is 0 Å². The van der Waals surface area contributed by atoms with Crippen molar-refractivity contribution in [2.75, 3.05) is 12.3 Å². The van der Waals surface area contributed by atoms with Gasteiger partial charge in [0.05, 0.1) is 12.4 Å². The fourth-order valence-corrected chi connectivity index (χ4v) is 2.05. The van der Waals surface area contributed by atoms with E-state index in [9.17, 15) is 19.2 Å². The summed E-state index contributed by atoms with van der Waals surface area (Å²) >= 11 is 3.94. The zero-order valence-electron chi connectivity index (χ0n) is 14.1. The van der Waals surface area contributed by atoms with Crippen LogP contribution in [0.5, 0.6) is 0 Å². The molecular weight excluding hydrogens is 364 g/mol. The van der Waals surface area contributed by atoms with Crippen molar-refractivity contribution in [3.8, 4) is 0 Å². The van der Waals surface area contributed by atoms with Crippen LogP contribution in [0.4, 0.5) is 0 Å². The van der Waals surface area contributed by atoms with Crippen molar-refractivity contribution in [2.24, 2.45) is 5.73 Å². The quantitative estimate of drug-likeness (QED) is 0.215. The molecule has 3 amide bonds. The van der Waals surface area contributed by atoms with E-state index in [-0.39, 0.29) is 12.2 Å². The van der Waals surface area contributed by atoms with Gasteiger partial charge in [-0.1, -0.05) is 0 Å². The fraction of sp³-hybridized carbons (Fsp3) is 0.500. The van der Waals surface area contributed by atoms with Crippen LogP contribution in [-0.2, 0) is 25.6 Å². The van der Waals surface area contributed by atoms with Crippen LogP contribution in [-0.4, -0.2) is 69.2 Å². The molecule has 0 aliphatic heterocycles. The Kier molecular flexibility index (Phi) is 8.58. The number of nitrogens with two attached hydrogens (primary N) is 1. The largest absolute Gasteiger partial charge is 0.480 e. The number of imidazole rings is 1. The number of aromatic nitrogens is 2. The van der Waals surface area contributed by atoms with Gasteiger partial charge in [-0.25, -0.2) is 4.98 Å². The minimum Gasteiger partial charge on any atom is -0.480 e. The van der Waals surface area contributed by atoms with Gasteiger partial charge in [0.2, 0.25) is 17.7 Å². The van der Waals surface area contributed by atoms with Crippen LogP contribution in [0.3, 0.4) is 0 Å². The summed E-state index contributed by atoms with van der Waals surface area (Å²) in [6.07, 6.45) is 3.02. The average molecular weight is 386 g/mol. The monoisotopic (exact) mass is 386 g/mol. The summed E-state index contributed by atoms with van der Waals surface area (Å²) in [6.45, 7) is 0.827. The minimum atomic E-state index is -1.21. The number of nitrogens with zero attached hydrogens (tertiary/aromatic N) is 1. The Morgan fingerprint density at radius 3 is 2.50 bits per heavy atom. The highest BCUT2D eigenvalue weighted by molar-refractivity contribution is 7.80. The number of rotatable bonds is 10. The van der Waals surface area contributed by atoms with Crippen LogP contribution in [0, 0.1) is 0 Å². The number of nitrogens with one attached hydrogen (secondary N) is 4. The number of hydrogen-bond acceptors (Lipinski definition) is 7. The van der Waals surface area contributed by atoms with Gasteiger partial charge in [-0.05, 0) is 6.92 Å². The fourth-order valence-electron chi connectivity index (χ4n) is 1.88. The first-order valence-electron chi connectivity index (χ1n) is 7.68. The maximum Gasteiger partial charge on any atom is 0.322 e. The summed E-state index contributed by atoms with van der Waals surface area (Å²) in [7, 11) is 0. The molecule has 0 aromatic carbocycles. The molecule has 11 nitrogen and oxygen atoms in total. The van der Waals surface area contributed by atoms with Gasteiger partial charge in [-0.15, -0.1) is 0 Å². The van der Waals surface area contributed by atoms with Gasteiger partial charge in [0.15, 0.2) is 0 Å². The Labute approximate surface area is 154 Å². The highest BCUT2D eigenvalue weighted by Gasteiger charge is 2.26. The van der Waals surface area contributed by atoms with Gasteiger partial charge in [0, 0.05) is 24.1 Å². The third-order valence-corrected chi connectivity index (χ3v) is 3.70. The Morgan fingerprint density at radius 1 is 1.27 bits per heavy atom. The van der Waals surface area contributed by atoms with Crippen LogP contribution in [0.2, 0.25) is 0 Å². The van der Waals surface area contributed by atoms with Gasteiger partial charge in [0.25, 0.3) is 0 Å². The highest BCUT2D eigenvalue weighted by atomic mass is 32.1. The standard InChI is InChI=1S/C14H22N6O5S/c1-7(12(23)17-4-11(21)22)19-14(25)10(2-8-3-16-6-18-8)20-13(24)9(15)5-26/h3,6-7,9-10,26H,2,4-5,15H2,1H3,(H,16,18)(H,17,23)(H,19,25)(H,20,24)(H,21,22). The molecule has 3 atom stereocenters. The number of hydrogen-bond donors (Lipinski definition) is 7. The third kappa shape index (κ3) is 7.11. The maximum absolute atomic E-state index is 12.5. The molecule has 0 aliphatic carbocycles. The van der Waals surface area contributed by atoms with Crippen molar-refractivity contribution in [1.82, 2.24) is 25.9 Å². The molecule has 0 radical (unpaired) electrons. The zero-order chi connectivity index (χ0) is 19.7. The number of carboxylic acid groups (broad SMARTS) is 1. The smallest absolute Gasteiger partial charge is 0.322 e. The van der Waals surface area contributed by atoms with Crippen molar-refractivity contribution in [1.29, 1.82) is 0 Å². The zero-order valence-corrected chi connectivity index (χ0v) is 15.0. The lowest BCUT2D eigenvalue weighted by atomic mass is 10.1. The first-order valence-corrected chi connectivity index (χ1v) is 8.31. The molecule has 144 valence electrons. The lowest BCUT2D eigenvalue weighted by Gasteiger charge is -2.22. The summed E-state index contributed by atoms with van der Waals surface area (Å²) < 4.78 is 0. The van der Waals surface area contributed by atoms with E-state index in [1.165, 1.54) is 19.4 Å². The van der Waals surface area contributed by atoms with Gasteiger partial charge >= 0.3 is 5.97 Å². The van der Waals surface area contributed by atoms with Crippen LogP contribution >= 0.6 is 12.6 Å². The van der Waals surface area contributed by atoms with E-state index in [0.717, 1.165) is 0 Å². The molecule has 0 spiro atoms. The molecule has 0 fully saturated rings. The lowest BCUT2D eigenvalue weighted by molar-refractivity contribution is -0.138. The summed E-state index contributed by atoms with van der Waals surface area (Å²) in [5.41, 5.74) is 6.19. The van der Waals surface area contributed by atoms with Crippen molar-refractivity contribution in [3.05, 3.63) is 18.2 Å². The van der Waals surface area contributed by atoms with Gasteiger partial charge < -0.3 is 31.8 Å². The molecule has 26 heavy (non-hydrogen) atoms. The number of aliphatic carboxylic acids is 1. The number of aromatic amines is 1. The molecule has 0 saturated carbocycles. The van der Waals surface area contributed by atoms with Gasteiger partial charge in [0.1, 0.15) is 18.6 Å². The summed E-state index contributed by atoms with van der Waals surface area (Å²) in [6, 6.07) is -2.91. The average Bonchev–Trinajstić information content (AvgIpc) is 3.10. The molecule has 1 aromatic rings. The molecule has 0 aliphatic rings. The predicted molar refractivity (Wildman–Crippen MR) is 94.3 cm³/mol. The van der Waals surface area contributed by atoms with E-state index in [4.69, 9.17) is 10.8 Å². The van der Waals surface area contributed by atoms with Crippen molar-refractivity contribution >= 4 is 36.3 Å². The molecule has 0 saturated heterocycles. The molecule has 1 rings (SSSR count). The van der Waals surface area contributed by atoms with Crippen molar-refractivity contribution < 1.29 is 24.3 Å². The Balaban J connectivity index is 2.74. The molecule has 1 aromatic heterocycles. The van der Waals surface area contributed by atoms with E-state index < -0.39 is 48.4 Å². The van der Waals surface area contributed by atoms with E-state index in [1.807, 2.05) is 0 Å². The molecule has 12 heteroatoms. The molecule has 0 bridgehead atoms. The number of carboxylic acids is 1. The number of H-pyrrole nitrogens is 1. The van der Waals surface area contributed by atoms with Crippen LogP contribution in [0.1, 0.15) is 12.6 Å². The summed E-state index contributed by atoms with van der Waals surface area (Å²) in [5, 5.41) is 15.6. The van der Waals surface area contributed by atoms with Crippen molar-refractivity contribution in [2.45, 2.75) is 31.5 Å². The maximum atomic E-state index is 12.5. The molecular formula is C14H22N6O5S. The second kappa shape index (κ2) is 10.4. The van der Waals surface area contributed by atoms with Gasteiger partial charge in [-0.3, -0.25) is 19.2 Å². The minimum absolute atomic E-state index is 0.0955. The number of carbonyl (C=O) groups is 4. The molecule has 1 heterocycles. The van der Waals surface area contributed by atoms with Crippen LogP contribution in [0.15, 0.2) is 12.5 Å².